The molecule has 106 valence electrons. The standard InChI is InChI=1S/C17H21ClN2/c1-13-7-9-14(10-8-13)12-20(3)17-15(11-19-2)5-4-6-16(17)18/h4-10,19H,11-12H2,1-3H3. The second-order valence-corrected chi connectivity index (χ2v) is 5.53. The highest BCUT2D eigenvalue weighted by atomic mass is 35.5. The third-order valence-electron chi connectivity index (χ3n) is 3.36. The Balaban J connectivity index is 2.24. The van der Waals surface area contributed by atoms with Crippen LogP contribution in [0, 0.1) is 6.92 Å². The molecule has 0 saturated carbocycles. The average Bonchev–Trinajstić information content (AvgIpc) is 2.42. The first kappa shape index (κ1) is 14.9. The number of anilines is 1. The SMILES string of the molecule is CNCc1cccc(Cl)c1N(C)Cc1ccc(C)cc1. The third-order valence-corrected chi connectivity index (χ3v) is 3.66. The molecular formula is C17H21ClN2. The Morgan fingerprint density at radius 2 is 1.80 bits per heavy atom. The van der Waals surface area contributed by atoms with E-state index < -0.39 is 0 Å². The van der Waals surface area contributed by atoms with Gasteiger partial charge in [0.2, 0.25) is 0 Å². The Morgan fingerprint density at radius 3 is 2.45 bits per heavy atom. The maximum Gasteiger partial charge on any atom is 0.0642 e. The van der Waals surface area contributed by atoms with Crippen LogP contribution in [0.15, 0.2) is 42.5 Å². The zero-order chi connectivity index (χ0) is 14.5. The smallest absolute Gasteiger partial charge is 0.0642 e. The van der Waals surface area contributed by atoms with Gasteiger partial charge < -0.3 is 10.2 Å². The summed E-state index contributed by atoms with van der Waals surface area (Å²) in [5.74, 6) is 0. The van der Waals surface area contributed by atoms with Crippen LogP contribution >= 0.6 is 11.6 Å². The molecule has 2 nitrogen and oxygen atoms in total. The van der Waals surface area contributed by atoms with Gasteiger partial charge in [0.15, 0.2) is 0 Å². The third kappa shape index (κ3) is 3.53. The number of aryl methyl sites for hydroxylation is 1. The molecule has 0 atom stereocenters. The fourth-order valence-electron chi connectivity index (χ4n) is 2.37. The molecule has 0 heterocycles. The highest BCUT2D eigenvalue weighted by Crippen LogP contribution is 2.30. The molecule has 0 amide bonds. The average molecular weight is 289 g/mol. The van der Waals surface area contributed by atoms with Crippen LogP contribution in [0.2, 0.25) is 5.02 Å². The van der Waals surface area contributed by atoms with Crippen LogP contribution in [-0.2, 0) is 13.1 Å². The molecule has 0 aliphatic rings. The number of nitrogens with zero attached hydrogens (tertiary/aromatic N) is 1. The van der Waals surface area contributed by atoms with E-state index in [9.17, 15) is 0 Å². The summed E-state index contributed by atoms with van der Waals surface area (Å²) in [5.41, 5.74) is 4.89. The number of hydrogen-bond donors (Lipinski definition) is 1. The van der Waals surface area contributed by atoms with E-state index in [1.165, 1.54) is 16.7 Å². The quantitative estimate of drug-likeness (QED) is 0.894. The molecule has 0 bridgehead atoms. The molecule has 0 saturated heterocycles. The van der Waals surface area contributed by atoms with Crippen LogP contribution < -0.4 is 10.2 Å². The van der Waals surface area contributed by atoms with Gasteiger partial charge in [0.05, 0.1) is 10.7 Å². The first-order valence-electron chi connectivity index (χ1n) is 6.80. The number of rotatable bonds is 5. The highest BCUT2D eigenvalue weighted by molar-refractivity contribution is 6.33. The van der Waals surface area contributed by atoms with Gasteiger partial charge in [-0.05, 0) is 31.2 Å². The number of hydrogen-bond acceptors (Lipinski definition) is 2. The number of nitrogens with one attached hydrogen (secondary N) is 1. The summed E-state index contributed by atoms with van der Waals surface area (Å²) in [6, 6.07) is 14.7. The molecule has 2 rings (SSSR count). The Morgan fingerprint density at radius 1 is 1.10 bits per heavy atom. The van der Waals surface area contributed by atoms with Gasteiger partial charge in [-0.2, -0.15) is 0 Å². The van der Waals surface area contributed by atoms with Crippen LogP contribution in [0.1, 0.15) is 16.7 Å². The summed E-state index contributed by atoms with van der Waals surface area (Å²) in [6.45, 7) is 3.77. The van der Waals surface area contributed by atoms with Crippen LogP contribution in [0.3, 0.4) is 0 Å². The van der Waals surface area contributed by atoms with Gasteiger partial charge in [0.25, 0.3) is 0 Å². The van der Waals surface area contributed by atoms with Crippen molar-refractivity contribution in [1.29, 1.82) is 0 Å². The normalized spacial score (nSPS) is 10.6. The fourth-order valence-corrected chi connectivity index (χ4v) is 2.71. The van der Waals surface area contributed by atoms with Crippen LogP contribution in [-0.4, -0.2) is 14.1 Å². The summed E-state index contributed by atoms with van der Waals surface area (Å²) >= 11 is 6.38. The van der Waals surface area contributed by atoms with Gasteiger partial charge in [0, 0.05) is 20.1 Å². The maximum absolute atomic E-state index is 6.38. The van der Waals surface area contributed by atoms with Crippen molar-refractivity contribution in [3.05, 3.63) is 64.2 Å². The zero-order valence-corrected chi connectivity index (χ0v) is 13.0. The van der Waals surface area contributed by atoms with Gasteiger partial charge in [-0.15, -0.1) is 0 Å². The molecule has 0 spiro atoms. The van der Waals surface area contributed by atoms with Crippen molar-refractivity contribution < 1.29 is 0 Å². The Hall–Kier alpha value is -1.51. The number of benzene rings is 2. The molecule has 0 fully saturated rings. The molecule has 0 aliphatic heterocycles. The van der Waals surface area contributed by atoms with Crippen molar-refractivity contribution >= 4 is 17.3 Å². The van der Waals surface area contributed by atoms with Gasteiger partial charge in [0.1, 0.15) is 0 Å². The van der Waals surface area contributed by atoms with Crippen LogP contribution in [0.4, 0.5) is 5.69 Å². The van der Waals surface area contributed by atoms with Gasteiger partial charge in [-0.25, -0.2) is 0 Å². The van der Waals surface area contributed by atoms with Crippen molar-refractivity contribution in [3.63, 3.8) is 0 Å². The number of para-hydroxylation sites is 1. The van der Waals surface area contributed by atoms with Gasteiger partial charge >= 0.3 is 0 Å². The van der Waals surface area contributed by atoms with E-state index in [4.69, 9.17) is 11.6 Å². The molecule has 2 aromatic rings. The lowest BCUT2D eigenvalue weighted by Gasteiger charge is -2.24. The second-order valence-electron chi connectivity index (χ2n) is 5.12. The lowest BCUT2D eigenvalue weighted by molar-refractivity contribution is 0.805. The minimum atomic E-state index is 0.798. The summed E-state index contributed by atoms with van der Waals surface area (Å²) in [7, 11) is 4.03. The second kappa shape index (κ2) is 6.78. The van der Waals surface area contributed by atoms with E-state index in [2.05, 4.69) is 54.5 Å². The van der Waals surface area contributed by atoms with E-state index in [0.29, 0.717) is 0 Å². The lowest BCUT2D eigenvalue weighted by Crippen LogP contribution is -2.20. The van der Waals surface area contributed by atoms with E-state index in [1.807, 2.05) is 19.2 Å². The molecule has 3 heteroatoms. The monoisotopic (exact) mass is 288 g/mol. The number of halogens is 1. The van der Waals surface area contributed by atoms with Crippen LogP contribution in [0.25, 0.3) is 0 Å². The zero-order valence-electron chi connectivity index (χ0n) is 12.3. The summed E-state index contributed by atoms with van der Waals surface area (Å²) in [4.78, 5) is 2.21. The Kier molecular flexibility index (Phi) is 5.05. The van der Waals surface area contributed by atoms with Crippen molar-refractivity contribution in [3.8, 4) is 0 Å². The summed E-state index contributed by atoms with van der Waals surface area (Å²) in [6.07, 6.45) is 0. The molecular weight excluding hydrogens is 268 g/mol. The van der Waals surface area contributed by atoms with Crippen molar-refractivity contribution in [2.75, 3.05) is 19.0 Å². The molecule has 2 aromatic carbocycles. The predicted octanol–water partition coefficient (Wildman–Crippen LogP) is 4.00. The molecule has 0 unspecified atom stereocenters. The Labute approximate surface area is 126 Å². The maximum atomic E-state index is 6.38. The van der Waals surface area contributed by atoms with Crippen LogP contribution in [0.5, 0.6) is 0 Å². The summed E-state index contributed by atoms with van der Waals surface area (Å²) < 4.78 is 0. The van der Waals surface area contributed by atoms with Gasteiger partial charge in [-0.3, -0.25) is 0 Å². The van der Waals surface area contributed by atoms with Crippen molar-refractivity contribution in [2.24, 2.45) is 0 Å². The predicted molar refractivity (Wildman–Crippen MR) is 87.5 cm³/mol. The summed E-state index contributed by atoms with van der Waals surface area (Å²) in [5, 5.41) is 3.99. The van der Waals surface area contributed by atoms with E-state index in [-0.39, 0.29) is 0 Å². The topological polar surface area (TPSA) is 15.3 Å². The molecule has 1 N–H and O–H groups in total. The van der Waals surface area contributed by atoms with E-state index >= 15 is 0 Å². The lowest BCUT2D eigenvalue weighted by atomic mass is 10.1. The van der Waals surface area contributed by atoms with Gasteiger partial charge in [-0.1, -0.05) is 53.6 Å². The fraction of sp³-hybridized carbons (Fsp3) is 0.294. The van der Waals surface area contributed by atoms with Crippen molar-refractivity contribution in [1.82, 2.24) is 5.32 Å². The van der Waals surface area contributed by atoms with Crippen molar-refractivity contribution in [2.45, 2.75) is 20.0 Å². The van der Waals surface area contributed by atoms with E-state index in [0.717, 1.165) is 23.8 Å². The molecule has 20 heavy (non-hydrogen) atoms. The first-order valence-corrected chi connectivity index (χ1v) is 7.18. The minimum absolute atomic E-state index is 0.798. The molecule has 0 radical (unpaired) electrons. The Bertz CT molecular complexity index is 564. The highest BCUT2D eigenvalue weighted by Gasteiger charge is 2.11. The molecule has 0 aliphatic carbocycles. The molecule has 0 aromatic heterocycles. The van der Waals surface area contributed by atoms with E-state index in [1.54, 1.807) is 0 Å². The first-order chi connectivity index (χ1) is 9.61. The minimum Gasteiger partial charge on any atom is -0.369 e. The largest absolute Gasteiger partial charge is 0.369 e.